The molecular weight excluding hydrogens is 216 g/mol. The highest BCUT2D eigenvalue weighted by molar-refractivity contribution is 7.99. The van der Waals surface area contributed by atoms with Gasteiger partial charge in [-0.2, -0.15) is 0 Å². The Morgan fingerprint density at radius 1 is 1.25 bits per heavy atom. The van der Waals surface area contributed by atoms with Crippen LogP contribution < -0.4 is 0 Å². The zero-order valence-electron chi connectivity index (χ0n) is 9.86. The van der Waals surface area contributed by atoms with Crippen LogP contribution >= 0.6 is 11.8 Å². The minimum atomic E-state index is -0.117. The lowest BCUT2D eigenvalue weighted by Gasteiger charge is -2.16. The Morgan fingerprint density at radius 2 is 1.88 bits per heavy atom. The van der Waals surface area contributed by atoms with Gasteiger partial charge in [0, 0.05) is 10.6 Å². The zero-order chi connectivity index (χ0) is 11.4. The van der Waals surface area contributed by atoms with Crippen molar-refractivity contribution in [3.05, 3.63) is 29.8 Å². The van der Waals surface area contributed by atoms with Crippen LogP contribution in [0.4, 0.5) is 0 Å². The molecule has 1 unspecified atom stereocenters. The van der Waals surface area contributed by atoms with Crippen LogP contribution in [-0.2, 0) is 0 Å². The van der Waals surface area contributed by atoms with Crippen LogP contribution in [0.5, 0.6) is 0 Å². The van der Waals surface area contributed by atoms with Gasteiger partial charge in [-0.1, -0.05) is 30.5 Å². The van der Waals surface area contributed by atoms with E-state index < -0.39 is 0 Å². The molecule has 1 aromatic rings. The molecule has 0 spiro atoms. The molecule has 0 radical (unpaired) electrons. The van der Waals surface area contributed by atoms with Crippen molar-refractivity contribution in [2.45, 2.75) is 43.6 Å². The molecule has 1 aromatic carbocycles. The van der Waals surface area contributed by atoms with Gasteiger partial charge in [0.1, 0.15) is 0 Å². The SMILES string of the molecule is Cc1ccc(SCC(O)C2CCCC2)cc1. The average Bonchev–Trinajstić information content (AvgIpc) is 2.81. The van der Waals surface area contributed by atoms with Gasteiger partial charge in [-0.05, 0) is 37.8 Å². The quantitative estimate of drug-likeness (QED) is 0.805. The maximum Gasteiger partial charge on any atom is 0.0662 e. The third-order valence-corrected chi connectivity index (χ3v) is 4.50. The Kier molecular flexibility index (Phi) is 4.30. The van der Waals surface area contributed by atoms with Crippen molar-refractivity contribution >= 4 is 11.8 Å². The monoisotopic (exact) mass is 236 g/mol. The molecule has 0 aliphatic heterocycles. The third kappa shape index (κ3) is 3.26. The molecule has 0 bridgehead atoms. The van der Waals surface area contributed by atoms with Crippen LogP contribution in [0, 0.1) is 12.8 Å². The number of aliphatic hydroxyl groups excluding tert-OH is 1. The van der Waals surface area contributed by atoms with E-state index in [-0.39, 0.29) is 6.10 Å². The molecule has 2 heteroatoms. The minimum Gasteiger partial charge on any atom is -0.392 e. The molecule has 0 heterocycles. The molecule has 1 nitrogen and oxygen atoms in total. The first kappa shape index (κ1) is 12.0. The van der Waals surface area contributed by atoms with Crippen LogP contribution in [0.2, 0.25) is 0 Å². The Bertz CT molecular complexity index is 314. The van der Waals surface area contributed by atoms with E-state index >= 15 is 0 Å². The molecule has 0 amide bonds. The first-order chi connectivity index (χ1) is 7.75. The van der Waals surface area contributed by atoms with Gasteiger partial charge in [0.25, 0.3) is 0 Å². The lowest BCUT2D eigenvalue weighted by molar-refractivity contribution is 0.133. The molecule has 0 saturated heterocycles. The van der Waals surface area contributed by atoms with E-state index in [1.165, 1.54) is 36.1 Å². The smallest absolute Gasteiger partial charge is 0.0662 e. The summed E-state index contributed by atoms with van der Waals surface area (Å²) in [6, 6.07) is 8.54. The van der Waals surface area contributed by atoms with Crippen molar-refractivity contribution in [1.29, 1.82) is 0 Å². The minimum absolute atomic E-state index is 0.117. The fourth-order valence-electron chi connectivity index (χ4n) is 2.29. The van der Waals surface area contributed by atoms with Crippen LogP contribution in [0.15, 0.2) is 29.2 Å². The van der Waals surface area contributed by atoms with Gasteiger partial charge in [0.15, 0.2) is 0 Å². The van der Waals surface area contributed by atoms with E-state index in [4.69, 9.17) is 0 Å². The predicted molar refractivity (Wildman–Crippen MR) is 69.9 cm³/mol. The number of aryl methyl sites for hydroxylation is 1. The normalized spacial score (nSPS) is 18.9. The van der Waals surface area contributed by atoms with Gasteiger partial charge in [-0.25, -0.2) is 0 Å². The highest BCUT2D eigenvalue weighted by atomic mass is 32.2. The van der Waals surface area contributed by atoms with Crippen molar-refractivity contribution in [2.24, 2.45) is 5.92 Å². The average molecular weight is 236 g/mol. The number of rotatable bonds is 4. The van der Waals surface area contributed by atoms with Crippen LogP contribution in [-0.4, -0.2) is 17.0 Å². The van der Waals surface area contributed by atoms with Crippen molar-refractivity contribution in [3.8, 4) is 0 Å². The summed E-state index contributed by atoms with van der Waals surface area (Å²) in [5.74, 6) is 1.39. The summed E-state index contributed by atoms with van der Waals surface area (Å²) in [4.78, 5) is 1.27. The van der Waals surface area contributed by atoms with Crippen molar-refractivity contribution in [3.63, 3.8) is 0 Å². The summed E-state index contributed by atoms with van der Waals surface area (Å²) in [7, 11) is 0. The number of hydrogen-bond acceptors (Lipinski definition) is 2. The summed E-state index contributed by atoms with van der Waals surface area (Å²) >= 11 is 1.77. The van der Waals surface area contributed by atoms with Crippen molar-refractivity contribution < 1.29 is 5.11 Å². The molecule has 88 valence electrons. The molecule has 0 aromatic heterocycles. The summed E-state index contributed by atoms with van der Waals surface area (Å²) in [5.41, 5.74) is 1.29. The molecule has 1 aliphatic rings. The van der Waals surface area contributed by atoms with Gasteiger partial charge < -0.3 is 5.11 Å². The van der Waals surface area contributed by atoms with E-state index in [1.807, 2.05) is 0 Å². The fourth-order valence-corrected chi connectivity index (χ4v) is 3.26. The molecule has 1 aliphatic carbocycles. The summed E-state index contributed by atoms with van der Waals surface area (Å²) < 4.78 is 0. The molecular formula is C14H20OS. The maximum atomic E-state index is 10.0. The van der Waals surface area contributed by atoms with Crippen molar-refractivity contribution in [2.75, 3.05) is 5.75 Å². The Hall–Kier alpha value is -0.470. The summed E-state index contributed by atoms with van der Waals surface area (Å²) in [5, 5.41) is 10.0. The first-order valence-electron chi connectivity index (χ1n) is 6.13. The number of benzene rings is 1. The lowest BCUT2D eigenvalue weighted by atomic mass is 10.0. The van der Waals surface area contributed by atoms with Crippen LogP contribution in [0.1, 0.15) is 31.2 Å². The van der Waals surface area contributed by atoms with E-state index in [9.17, 15) is 5.11 Å². The van der Waals surface area contributed by atoms with Gasteiger partial charge in [0.05, 0.1) is 6.10 Å². The van der Waals surface area contributed by atoms with Crippen molar-refractivity contribution in [1.82, 2.24) is 0 Å². The lowest BCUT2D eigenvalue weighted by Crippen LogP contribution is -2.20. The highest BCUT2D eigenvalue weighted by Crippen LogP contribution is 2.30. The molecule has 16 heavy (non-hydrogen) atoms. The second-order valence-electron chi connectivity index (χ2n) is 4.74. The Morgan fingerprint density at radius 3 is 2.50 bits per heavy atom. The highest BCUT2D eigenvalue weighted by Gasteiger charge is 2.22. The second kappa shape index (κ2) is 5.74. The third-order valence-electron chi connectivity index (χ3n) is 3.39. The molecule has 1 N–H and O–H groups in total. The fraction of sp³-hybridized carbons (Fsp3) is 0.571. The van der Waals surface area contributed by atoms with E-state index in [2.05, 4.69) is 31.2 Å². The largest absolute Gasteiger partial charge is 0.392 e. The summed E-state index contributed by atoms with van der Waals surface area (Å²) in [6.07, 6.45) is 4.92. The maximum absolute atomic E-state index is 10.0. The van der Waals surface area contributed by atoms with Gasteiger partial charge in [0.2, 0.25) is 0 Å². The number of hydrogen-bond donors (Lipinski definition) is 1. The number of aliphatic hydroxyl groups is 1. The van der Waals surface area contributed by atoms with E-state index in [0.29, 0.717) is 5.92 Å². The van der Waals surface area contributed by atoms with E-state index in [1.54, 1.807) is 11.8 Å². The van der Waals surface area contributed by atoms with Crippen LogP contribution in [0.25, 0.3) is 0 Å². The van der Waals surface area contributed by atoms with Gasteiger partial charge >= 0.3 is 0 Å². The van der Waals surface area contributed by atoms with E-state index in [0.717, 1.165) is 5.75 Å². The molecule has 1 fully saturated rings. The zero-order valence-corrected chi connectivity index (χ0v) is 10.7. The Labute approximate surface area is 102 Å². The molecule has 2 rings (SSSR count). The van der Waals surface area contributed by atoms with Gasteiger partial charge in [-0.15, -0.1) is 11.8 Å². The van der Waals surface area contributed by atoms with Crippen LogP contribution in [0.3, 0.4) is 0 Å². The summed E-state index contributed by atoms with van der Waals surface area (Å²) in [6.45, 7) is 2.10. The standard InChI is InChI=1S/C14H20OS/c1-11-6-8-13(9-7-11)16-10-14(15)12-4-2-3-5-12/h6-9,12,14-15H,2-5,10H2,1H3. The number of thioether (sulfide) groups is 1. The predicted octanol–water partition coefficient (Wildman–Crippen LogP) is 3.64. The molecule has 1 atom stereocenters. The topological polar surface area (TPSA) is 20.2 Å². The Balaban J connectivity index is 1.80. The first-order valence-corrected chi connectivity index (χ1v) is 7.12. The second-order valence-corrected chi connectivity index (χ2v) is 5.83. The van der Waals surface area contributed by atoms with Gasteiger partial charge in [-0.3, -0.25) is 0 Å². The molecule has 1 saturated carbocycles.